The van der Waals surface area contributed by atoms with Crippen LogP contribution in [0.4, 0.5) is 0 Å². The Hall–Kier alpha value is -1.04. The molecule has 1 aromatic rings. The van der Waals surface area contributed by atoms with Gasteiger partial charge in [-0.3, -0.25) is 4.79 Å². The lowest BCUT2D eigenvalue weighted by Gasteiger charge is -2.24. The van der Waals surface area contributed by atoms with Gasteiger partial charge < -0.3 is 14.2 Å². The van der Waals surface area contributed by atoms with E-state index in [0.29, 0.717) is 19.1 Å². The topological polar surface area (TPSA) is 44.8 Å². The summed E-state index contributed by atoms with van der Waals surface area (Å²) >= 11 is 2.12. The number of ketones is 1. The molecule has 2 unspecified atom stereocenters. The second-order valence-corrected chi connectivity index (χ2v) is 11.9. The van der Waals surface area contributed by atoms with Crippen LogP contribution in [0, 0.1) is 5.92 Å². The van der Waals surface area contributed by atoms with Crippen molar-refractivity contribution in [2.24, 2.45) is 5.92 Å². The van der Waals surface area contributed by atoms with Crippen LogP contribution in [-0.2, 0) is 20.9 Å². The molecule has 1 aromatic carbocycles. The van der Waals surface area contributed by atoms with Crippen molar-refractivity contribution in [1.82, 2.24) is 0 Å². The fraction of sp³-hybridized carbons (Fsp3) is 0.774. The molecule has 0 radical (unpaired) electrons. The lowest BCUT2D eigenvalue weighted by molar-refractivity contribution is -0.142. The average molecular weight is 523 g/mol. The summed E-state index contributed by atoms with van der Waals surface area (Å²) in [6, 6.07) is 7.78. The first-order valence-electron chi connectivity index (χ1n) is 14.2. The van der Waals surface area contributed by atoms with Crippen molar-refractivity contribution in [1.29, 1.82) is 0 Å². The summed E-state index contributed by atoms with van der Waals surface area (Å²) in [4.78, 5) is 12.8. The van der Waals surface area contributed by atoms with E-state index in [1.165, 1.54) is 43.6 Å². The molecule has 0 fully saturated rings. The zero-order valence-corrected chi connectivity index (χ0v) is 25.1. The number of thioether (sulfide) groups is 1. The largest absolute Gasteiger partial charge is 0.497 e. The minimum atomic E-state index is -0.779. The summed E-state index contributed by atoms with van der Waals surface area (Å²) in [5.74, 6) is 4.38. The van der Waals surface area contributed by atoms with Crippen molar-refractivity contribution in [3.05, 3.63) is 29.8 Å². The van der Waals surface area contributed by atoms with Crippen LogP contribution in [0.15, 0.2) is 24.3 Å². The number of rotatable bonds is 22. The number of unbranched alkanes of at least 4 members (excludes halogenated alkanes) is 2. The van der Waals surface area contributed by atoms with Crippen LogP contribution in [0.2, 0.25) is 0 Å². The van der Waals surface area contributed by atoms with Gasteiger partial charge in [-0.1, -0.05) is 51.7 Å². The Labute approximate surface area is 226 Å². The zero-order valence-electron chi connectivity index (χ0n) is 24.3. The maximum atomic E-state index is 12.8. The van der Waals surface area contributed by atoms with Gasteiger partial charge in [-0.2, -0.15) is 11.8 Å². The molecule has 0 aliphatic carbocycles. The van der Waals surface area contributed by atoms with Gasteiger partial charge in [0.2, 0.25) is 0 Å². The summed E-state index contributed by atoms with van der Waals surface area (Å²) in [6.07, 6.45) is 11.7. The first kappa shape index (κ1) is 33.0. The van der Waals surface area contributed by atoms with Gasteiger partial charge in [0.1, 0.15) is 11.4 Å². The van der Waals surface area contributed by atoms with Crippen molar-refractivity contribution >= 4 is 17.5 Å². The van der Waals surface area contributed by atoms with Gasteiger partial charge in [-0.15, -0.1) is 0 Å². The van der Waals surface area contributed by atoms with E-state index in [-0.39, 0.29) is 11.9 Å². The SMILES string of the molecule is CCCCC(CC)CSCCCC(CCCCC(=O)C(C)(C)OCc1ccc(OC)cc1)OC(C)C. The van der Waals surface area contributed by atoms with Crippen LogP contribution >= 0.6 is 11.8 Å². The standard InChI is InChI=1S/C31H54O4S/c1-8-10-14-26(9-2)24-36-22-13-16-29(35-25(3)4)15-11-12-17-30(32)31(5,6)34-23-27-18-20-28(33-7)21-19-27/h18-21,25-26,29H,8-17,22-24H2,1-7H3. The van der Waals surface area contributed by atoms with Crippen LogP contribution in [0.1, 0.15) is 111 Å². The van der Waals surface area contributed by atoms with Gasteiger partial charge in [0, 0.05) is 6.42 Å². The normalized spacial score (nSPS) is 13.7. The van der Waals surface area contributed by atoms with E-state index < -0.39 is 5.60 Å². The molecular formula is C31H54O4S. The smallest absolute Gasteiger partial charge is 0.164 e. The molecule has 0 aliphatic heterocycles. The minimum absolute atomic E-state index is 0.169. The third kappa shape index (κ3) is 14.6. The average Bonchev–Trinajstić information content (AvgIpc) is 2.86. The molecule has 0 heterocycles. The molecule has 0 aliphatic rings. The van der Waals surface area contributed by atoms with E-state index in [4.69, 9.17) is 14.2 Å². The van der Waals surface area contributed by atoms with Gasteiger partial charge in [0.25, 0.3) is 0 Å². The number of benzene rings is 1. The summed E-state index contributed by atoms with van der Waals surface area (Å²) in [5, 5.41) is 0. The van der Waals surface area contributed by atoms with Gasteiger partial charge in [0.05, 0.1) is 25.9 Å². The molecule has 0 spiro atoms. The van der Waals surface area contributed by atoms with Crippen LogP contribution in [-0.4, -0.2) is 42.2 Å². The lowest BCUT2D eigenvalue weighted by atomic mass is 9.97. The molecule has 0 saturated heterocycles. The number of hydrogen-bond acceptors (Lipinski definition) is 5. The van der Waals surface area contributed by atoms with Crippen LogP contribution in [0.25, 0.3) is 0 Å². The molecule has 1 rings (SSSR count). The maximum absolute atomic E-state index is 12.8. The number of Topliss-reactive ketones (excluding diaryl/α,β-unsaturated/α-hetero) is 1. The van der Waals surface area contributed by atoms with Crippen molar-refractivity contribution in [2.75, 3.05) is 18.6 Å². The number of ether oxygens (including phenoxy) is 3. The zero-order chi connectivity index (χ0) is 26.8. The molecule has 2 atom stereocenters. The predicted octanol–water partition coefficient (Wildman–Crippen LogP) is 8.64. The van der Waals surface area contributed by atoms with E-state index in [9.17, 15) is 4.79 Å². The molecule has 0 amide bonds. The van der Waals surface area contributed by atoms with Gasteiger partial charge in [-0.25, -0.2) is 0 Å². The Kier molecular flexibility index (Phi) is 17.5. The fourth-order valence-electron chi connectivity index (χ4n) is 4.25. The van der Waals surface area contributed by atoms with Gasteiger partial charge >= 0.3 is 0 Å². The third-order valence-electron chi connectivity index (χ3n) is 6.79. The monoisotopic (exact) mass is 522 g/mol. The lowest BCUT2D eigenvalue weighted by Crippen LogP contribution is -2.34. The van der Waals surface area contributed by atoms with E-state index >= 15 is 0 Å². The van der Waals surface area contributed by atoms with Crippen molar-refractivity contribution in [3.8, 4) is 5.75 Å². The summed E-state index contributed by atoms with van der Waals surface area (Å²) in [5.41, 5.74) is 0.257. The number of hydrogen-bond donors (Lipinski definition) is 0. The molecule has 4 nitrogen and oxygen atoms in total. The second-order valence-electron chi connectivity index (χ2n) is 10.8. The molecule has 0 bridgehead atoms. The first-order valence-corrected chi connectivity index (χ1v) is 15.4. The van der Waals surface area contributed by atoms with Crippen molar-refractivity contribution in [3.63, 3.8) is 0 Å². The highest BCUT2D eigenvalue weighted by Crippen LogP contribution is 2.23. The number of carbonyl (C=O) groups is 1. The summed E-state index contributed by atoms with van der Waals surface area (Å²) < 4.78 is 17.4. The molecule has 0 aromatic heterocycles. The Morgan fingerprint density at radius 2 is 1.67 bits per heavy atom. The van der Waals surface area contributed by atoms with Gasteiger partial charge in [-0.05, 0) is 94.9 Å². The Morgan fingerprint density at radius 1 is 0.972 bits per heavy atom. The molecule has 36 heavy (non-hydrogen) atoms. The minimum Gasteiger partial charge on any atom is -0.497 e. The Bertz CT molecular complexity index is 686. The Morgan fingerprint density at radius 3 is 2.28 bits per heavy atom. The highest BCUT2D eigenvalue weighted by molar-refractivity contribution is 7.99. The Balaban J connectivity index is 2.31. The quantitative estimate of drug-likeness (QED) is 0.143. The van der Waals surface area contributed by atoms with E-state index in [1.807, 2.05) is 38.1 Å². The summed E-state index contributed by atoms with van der Waals surface area (Å²) in [7, 11) is 1.65. The highest BCUT2D eigenvalue weighted by atomic mass is 32.2. The van der Waals surface area contributed by atoms with Gasteiger partial charge in [0.15, 0.2) is 5.78 Å². The first-order chi connectivity index (χ1) is 17.2. The van der Waals surface area contributed by atoms with E-state index in [0.717, 1.165) is 42.9 Å². The maximum Gasteiger partial charge on any atom is 0.164 e. The predicted molar refractivity (Wildman–Crippen MR) is 155 cm³/mol. The molecule has 5 heteroatoms. The highest BCUT2D eigenvalue weighted by Gasteiger charge is 2.27. The number of methoxy groups -OCH3 is 1. The second kappa shape index (κ2) is 19.1. The van der Waals surface area contributed by atoms with Crippen molar-refractivity contribution in [2.45, 2.75) is 130 Å². The molecule has 208 valence electrons. The fourth-order valence-corrected chi connectivity index (χ4v) is 5.52. The van der Waals surface area contributed by atoms with Crippen LogP contribution in [0.3, 0.4) is 0 Å². The van der Waals surface area contributed by atoms with Crippen LogP contribution in [0.5, 0.6) is 5.75 Å². The van der Waals surface area contributed by atoms with Crippen LogP contribution < -0.4 is 4.74 Å². The third-order valence-corrected chi connectivity index (χ3v) is 8.07. The van der Waals surface area contributed by atoms with Crippen molar-refractivity contribution < 1.29 is 19.0 Å². The molecule has 0 N–H and O–H groups in total. The number of carbonyl (C=O) groups excluding carboxylic acids is 1. The molecule has 0 saturated carbocycles. The van der Waals surface area contributed by atoms with E-state index in [2.05, 4.69) is 39.5 Å². The molecular weight excluding hydrogens is 468 g/mol. The summed E-state index contributed by atoms with van der Waals surface area (Å²) in [6.45, 7) is 13.0. The van der Waals surface area contributed by atoms with E-state index in [1.54, 1.807) is 7.11 Å².